The summed E-state index contributed by atoms with van der Waals surface area (Å²) in [4.78, 5) is 80.5. The van der Waals surface area contributed by atoms with Gasteiger partial charge in [-0.3, -0.25) is 33.8 Å². The van der Waals surface area contributed by atoms with Crippen LogP contribution in [0.4, 0.5) is 0 Å². The number of amides is 2. The number of imide groups is 1. The molecule has 0 aliphatic carbocycles. The number of phenols is 2. The Morgan fingerprint density at radius 3 is 1.73 bits per heavy atom. The van der Waals surface area contributed by atoms with Gasteiger partial charge in [-0.2, -0.15) is 0 Å². The summed E-state index contributed by atoms with van der Waals surface area (Å²) in [5, 5.41) is 30.8. The van der Waals surface area contributed by atoms with Crippen LogP contribution in [0, 0.1) is 0 Å². The minimum Gasteiger partial charge on any atom is -0.508 e. The quantitative estimate of drug-likeness (QED) is 0.154. The van der Waals surface area contributed by atoms with Crippen molar-refractivity contribution in [2.24, 2.45) is 0 Å². The highest BCUT2D eigenvalue weighted by molar-refractivity contribution is 6.01. The van der Waals surface area contributed by atoms with Gasteiger partial charge in [-0.25, -0.2) is 4.79 Å². The van der Waals surface area contributed by atoms with Crippen LogP contribution in [0.3, 0.4) is 0 Å². The highest BCUT2D eigenvalue weighted by Crippen LogP contribution is 2.24. The SMILES string of the molecule is CC(=O)CN(CCN(CC(=O)OC(C)(C)C)Cc1cc(CCC(=O)O)ccc1O)Cc1cc(CCC(=O)ON2C(=O)CCC2=O)ccc1O. The van der Waals surface area contributed by atoms with Gasteiger partial charge in [-0.1, -0.05) is 24.3 Å². The topological polar surface area (TPSA) is 191 Å². The molecule has 266 valence electrons. The Kier molecular flexibility index (Phi) is 13.8. The number of carbonyl (C=O) groups is 6. The average Bonchev–Trinajstić information content (AvgIpc) is 3.31. The molecule has 0 saturated carbocycles. The van der Waals surface area contributed by atoms with Crippen LogP contribution in [0.25, 0.3) is 0 Å². The number of carboxylic acid groups (broad SMARTS) is 1. The second kappa shape index (κ2) is 17.5. The molecule has 49 heavy (non-hydrogen) atoms. The third-order valence-electron chi connectivity index (χ3n) is 7.47. The highest BCUT2D eigenvalue weighted by atomic mass is 16.7. The maximum atomic E-state index is 12.9. The summed E-state index contributed by atoms with van der Waals surface area (Å²) in [5.74, 6) is -3.50. The van der Waals surface area contributed by atoms with E-state index in [2.05, 4.69) is 0 Å². The van der Waals surface area contributed by atoms with Crippen LogP contribution >= 0.6 is 0 Å². The van der Waals surface area contributed by atoms with E-state index >= 15 is 0 Å². The fourth-order valence-corrected chi connectivity index (χ4v) is 5.21. The Morgan fingerprint density at radius 1 is 0.776 bits per heavy atom. The molecule has 0 radical (unpaired) electrons. The normalized spacial score (nSPS) is 13.3. The van der Waals surface area contributed by atoms with E-state index in [0.717, 1.165) is 0 Å². The molecule has 2 aromatic carbocycles. The molecule has 0 unspecified atom stereocenters. The number of ether oxygens (including phenoxy) is 1. The molecule has 0 spiro atoms. The smallest absolute Gasteiger partial charge is 0.333 e. The molecule has 3 rings (SSSR count). The van der Waals surface area contributed by atoms with Gasteiger partial charge in [0.1, 0.15) is 22.9 Å². The molecule has 14 nitrogen and oxygen atoms in total. The van der Waals surface area contributed by atoms with E-state index in [1.165, 1.54) is 19.1 Å². The monoisotopic (exact) mass is 683 g/mol. The number of rotatable bonds is 18. The van der Waals surface area contributed by atoms with Crippen LogP contribution in [-0.2, 0) is 64.3 Å². The molecule has 1 aliphatic heterocycles. The van der Waals surface area contributed by atoms with E-state index in [4.69, 9.17) is 14.7 Å². The Morgan fingerprint density at radius 2 is 1.27 bits per heavy atom. The minimum atomic E-state index is -0.946. The number of benzene rings is 2. The predicted octanol–water partition coefficient (Wildman–Crippen LogP) is 2.89. The summed E-state index contributed by atoms with van der Waals surface area (Å²) in [6.45, 7) is 7.40. The lowest BCUT2D eigenvalue weighted by Gasteiger charge is -2.28. The number of carboxylic acids is 1. The molecule has 1 saturated heterocycles. The first kappa shape index (κ1) is 38.6. The lowest BCUT2D eigenvalue weighted by atomic mass is 10.0. The second-order valence-electron chi connectivity index (χ2n) is 13.1. The zero-order valence-electron chi connectivity index (χ0n) is 28.4. The lowest BCUT2D eigenvalue weighted by molar-refractivity contribution is -0.197. The van der Waals surface area contributed by atoms with Gasteiger partial charge in [-0.15, -0.1) is 5.06 Å². The third-order valence-corrected chi connectivity index (χ3v) is 7.47. The molecule has 1 heterocycles. The zero-order chi connectivity index (χ0) is 36.3. The molecule has 1 fully saturated rings. The maximum Gasteiger partial charge on any atom is 0.333 e. The van der Waals surface area contributed by atoms with Gasteiger partial charge in [0, 0.05) is 56.6 Å². The van der Waals surface area contributed by atoms with Gasteiger partial charge in [0.15, 0.2) is 0 Å². The predicted molar refractivity (Wildman–Crippen MR) is 175 cm³/mol. The lowest BCUT2D eigenvalue weighted by Crippen LogP contribution is -2.40. The van der Waals surface area contributed by atoms with Gasteiger partial charge in [0.05, 0.1) is 19.5 Å². The van der Waals surface area contributed by atoms with E-state index in [0.29, 0.717) is 27.3 Å². The summed E-state index contributed by atoms with van der Waals surface area (Å²) in [7, 11) is 0. The van der Waals surface area contributed by atoms with Crippen LogP contribution in [0.2, 0.25) is 0 Å². The van der Waals surface area contributed by atoms with Gasteiger partial charge < -0.3 is 24.9 Å². The molecule has 14 heteroatoms. The molecule has 0 aromatic heterocycles. The first-order chi connectivity index (χ1) is 23.0. The fraction of sp³-hybridized carbons (Fsp3) is 0.486. The number of hydroxylamine groups is 2. The van der Waals surface area contributed by atoms with Gasteiger partial charge in [0.25, 0.3) is 11.8 Å². The van der Waals surface area contributed by atoms with E-state index < -0.39 is 35.3 Å². The summed E-state index contributed by atoms with van der Waals surface area (Å²) in [6.07, 6.45) is 0.254. The molecule has 3 N–H and O–H groups in total. The molecule has 0 bridgehead atoms. The van der Waals surface area contributed by atoms with Crippen LogP contribution in [0.5, 0.6) is 11.5 Å². The standard InChI is InChI=1S/C35H45N3O11/c1-23(39)19-36(20-26-18-25(6-10-28(26)40)8-14-33(46)49-38-30(42)11-12-31(38)43)15-16-37(22-34(47)48-35(2,3)4)21-27-17-24(5-9-29(27)41)7-13-32(44)45/h5-6,9-10,17-18,40-41H,7-8,11-16,19-22H2,1-4H3,(H,44,45). The Hall–Kier alpha value is -4.82. The number of nitrogens with zero attached hydrogens (tertiary/aromatic N) is 3. The van der Waals surface area contributed by atoms with Gasteiger partial charge in [-0.05, 0) is 63.8 Å². The van der Waals surface area contributed by atoms with Crippen molar-refractivity contribution in [1.29, 1.82) is 0 Å². The van der Waals surface area contributed by atoms with Crippen molar-refractivity contribution < 1.29 is 53.7 Å². The van der Waals surface area contributed by atoms with Crippen molar-refractivity contribution in [2.45, 2.75) is 84.9 Å². The Balaban J connectivity index is 1.73. The van der Waals surface area contributed by atoms with Crippen molar-refractivity contribution >= 4 is 35.5 Å². The number of aromatic hydroxyl groups is 2. The molecule has 2 aromatic rings. The Labute approximate surface area is 285 Å². The van der Waals surface area contributed by atoms with E-state index in [9.17, 15) is 39.0 Å². The van der Waals surface area contributed by atoms with Crippen molar-refractivity contribution in [3.63, 3.8) is 0 Å². The number of Topliss-reactive ketones (excluding diaryl/α,β-unsaturated/α-hetero) is 1. The second-order valence-corrected chi connectivity index (χ2v) is 13.1. The number of phenolic OH excluding ortho intramolecular Hbond substituents is 2. The number of aryl methyl sites for hydroxylation is 2. The van der Waals surface area contributed by atoms with Crippen LogP contribution in [-0.4, -0.2) is 97.5 Å². The number of hydrogen-bond donors (Lipinski definition) is 3. The fourth-order valence-electron chi connectivity index (χ4n) is 5.21. The number of aliphatic carboxylic acids is 1. The molecule has 2 amide bonds. The van der Waals surface area contributed by atoms with E-state index in [-0.39, 0.29) is 95.1 Å². The zero-order valence-corrected chi connectivity index (χ0v) is 28.4. The first-order valence-corrected chi connectivity index (χ1v) is 16.0. The van der Waals surface area contributed by atoms with Crippen LogP contribution in [0.1, 0.15) is 75.6 Å². The summed E-state index contributed by atoms with van der Waals surface area (Å²) < 4.78 is 5.53. The van der Waals surface area contributed by atoms with Gasteiger partial charge >= 0.3 is 17.9 Å². The summed E-state index contributed by atoms with van der Waals surface area (Å²) in [6, 6.07) is 9.64. The first-order valence-electron chi connectivity index (χ1n) is 16.0. The molecular weight excluding hydrogens is 638 g/mol. The molecule has 0 atom stereocenters. The van der Waals surface area contributed by atoms with E-state index in [1.807, 2.05) is 0 Å². The summed E-state index contributed by atoms with van der Waals surface area (Å²) >= 11 is 0. The number of carbonyl (C=O) groups excluding carboxylic acids is 5. The van der Waals surface area contributed by atoms with Crippen molar-refractivity contribution in [2.75, 3.05) is 26.2 Å². The molecular formula is C35H45N3O11. The minimum absolute atomic E-state index is 0.00673. The van der Waals surface area contributed by atoms with Crippen molar-refractivity contribution in [3.05, 3.63) is 58.7 Å². The summed E-state index contributed by atoms with van der Waals surface area (Å²) in [5.41, 5.74) is 1.64. The highest BCUT2D eigenvalue weighted by Gasteiger charge is 2.32. The van der Waals surface area contributed by atoms with E-state index in [1.54, 1.807) is 54.8 Å². The third kappa shape index (κ3) is 13.3. The number of esters is 1. The average molecular weight is 684 g/mol. The van der Waals surface area contributed by atoms with Crippen LogP contribution in [0.15, 0.2) is 36.4 Å². The van der Waals surface area contributed by atoms with Crippen molar-refractivity contribution in [3.8, 4) is 11.5 Å². The largest absolute Gasteiger partial charge is 0.508 e. The van der Waals surface area contributed by atoms with Crippen molar-refractivity contribution in [1.82, 2.24) is 14.9 Å². The Bertz CT molecular complexity index is 1530. The van der Waals surface area contributed by atoms with Gasteiger partial charge in [0.2, 0.25) is 0 Å². The van der Waals surface area contributed by atoms with Crippen LogP contribution < -0.4 is 0 Å². The number of ketones is 1. The number of hydrogen-bond acceptors (Lipinski definition) is 12. The maximum absolute atomic E-state index is 12.9. The molecule has 1 aliphatic rings.